The van der Waals surface area contributed by atoms with Gasteiger partial charge in [0.25, 0.3) is 0 Å². The van der Waals surface area contributed by atoms with E-state index >= 15 is 0 Å². The number of anilines is 1. The zero-order valence-corrected chi connectivity index (χ0v) is 20.9. The number of rotatable bonds is 6. The fourth-order valence-corrected chi connectivity index (χ4v) is 4.48. The number of benzene rings is 3. The van der Waals surface area contributed by atoms with E-state index in [0.29, 0.717) is 23.0 Å². The van der Waals surface area contributed by atoms with Gasteiger partial charge in [-0.05, 0) is 42.8 Å². The summed E-state index contributed by atoms with van der Waals surface area (Å²) in [4.78, 5) is 13.8. The normalized spacial score (nSPS) is 15.6. The Labute approximate surface area is 213 Å². The summed E-state index contributed by atoms with van der Waals surface area (Å²) in [6.45, 7) is 3.41. The molecule has 2 heterocycles. The molecule has 36 heavy (non-hydrogen) atoms. The molecule has 0 saturated carbocycles. The van der Waals surface area contributed by atoms with Crippen molar-refractivity contribution in [2.24, 2.45) is 0 Å². The molecule has 1 saturated heterocycles. The van der Waals surface area contributed by atoms with Crippen molar-refractivity contribution in [2.75, 3.05) is 39.5 Å². The maximum absolute atomic E-state index is 11.4. The van der Waals surface area contributed by atoms with E-state index in [1.54, 1.807) is 19.2 Å². The van der Waals surface area contributed by atoms with Crippen LogP contribution in [0, 0.1) is 0 Å². The van der Waals surface area contributed by atoms with Gasteiger partial charge in [-0.1, -0.05) is 60.7 Å². The van der Waals surface area contributed by atoms with Crippen molar-refractivity contribution in [3.05, 3.63) is 102 Å². The summed E-state index contributed by atoms with van der Waals surface area (Å²) >= 11 is 0. The van der Waals surface area contributed by atoms with Gasteiger partial charge in [-0.2, -0.15) is 0 Å². The molecule has 0 unspecified atom stereocenters. The van der Waals surface area contributed by atoms with Crippen LogP contribution < -0.4 is 15.8 Å². The number of ether oxygens (including phenoxy) is 1. The molecule has 4 aromatic rings. The number of aromatic nitrogens is 1. The summed E-state index contributed by atoms with van der Waals surface area (Å²) < 4.78 is 7.19. The topological polar surface area (TPSA) is 72.5 Å². The van der Waals surface area contributed by atoms with Gasteiger partial charge in [-0.15, -0.1) is 0 Å². The first-order valence-electron chi connectivity index (χ1n) is 12.2. The van der Waals surface area contributed by atoms with Crippen LogP contribution in [0.15, 0.2) is 91.1 Å². The molecule has 3 N–H and O–H groups in total. The van der Waals surface area contributed by atoms with E-state index in [-0.39, 0.29) is 0 Å². The molecule has 1 atom stereocenters. The number of hydrogen-bond acceptors (Lipinski definition) is 5. The molecule has 3 aromatic carbocycles. The van der Waals surface area contributed by atoms with Crippen molar-refractivity contribution in [1.82, 2.24) is 14.8 Å². The second-order valence-corrected chi connectivity index (χ2v) is 8.93. The molecule has 186 valence electrons. The Kier molecular flexibility index (Phi) is 8.55. The predicted molar refractivity (Wildman–Crippen MR) is 147 cm³/mol. The zero-order chi connectivity index (χ0) is 25.3. The first-order chi connectivity index (χ1) is 17.6. The van der Waals surface area contributed by atoms with E-state index in [1.807, 2.05) is 53.2 Å². The number of likely N-dealkylation sites (N-methyl/N-ethyl adjacent to an activating group) is 1. The van der Waals surface area contributed by atoms with Crippen molar-refractivity contribution in [3.63, 3.8) is 0 Å². The van der Waals surface area contributed by atoms with Gasteiger partial charge in [-0.25, -0.2) is 0 Å². The molecule has 6 nitrogen and oxygen atoms in total. The minimum atomic E-state index is 0.617. The third-order valence-electron chi connectivity index (χ3n) is 6.55. The monoisotopic (exact) mass is 482 g/mol. The number of nitrogens with two attached hydrogens (primary N) is 1. The van der Waals surface area contributed by atoms with E-state index in [4.69, 9.17) is 10.5 Å². The average Bonchev–Trinajstić information content (AvgIpc) is 3.36. The van der Waals surface area contributed by atoms with Gasteiger partial charge in [-0.3, -0.25) is 4.79 Å². The van der Waals surface area contributed by atoms with Gasteiger partial charge >= 0.3 is 0 Å². The van der Waals surface area contributed by atoms with Gasteiger partial charge < -0.3 is 25.3 Å². The van der Waals surface area contributed by atoms with E-state index < -0.39 is 0 Å². The Hall–Kier alpha value is -3.87. The van der Waals surface area contributed by atoms with Crippen LogP contribution in [-0.4, -0.2) is 55.6 Å². The number of aldehydes is 1. The third kappa shape index (κ3) is 6.03. The Morgan fingerprint density at radius 3 is 2.42 bits per heavy atom. The molecule has 1 aromatic heterocycles. The van der Waals surface area contributed by atoms with Crippen LogP contribution in [0.4, 0.5) is 5.69 Å². The number of carbonyl (C=O) groups excluding carboxylic acids is 1. The molecule has 1 fully saturated rings. The molecular weight excluding hydrogens is 448 g/mol. The van der Waals surface area contributed by atoms with E-state index in [9.17, 15) is 4.79 Å². The maximum Gasteiger partial charge on any atom is 0.152 e. The molecule has 1 aliphatic rings. The summed E-state index contributed by atoms with van der Waals surface area (Å²) in [7, 11) is 3.83. The highest BCUT2D eigenvalue weighted by molar-refractivity contribution is 5.87. The van der Waals surface area contributed by atoms with Gasteiger partial charge in [0.2, 0.25) is 0 Å². The van der Waals surface area contributed by atoms with E-state index in [0.717, 1.165) is 49.3 Å². The molecule has 6 heteroatoms. The fraction of sp³-hybridized carbons (Fsp3) is 0.233. The van der Waals surface area contributed by atoms with Gasteiger partial charge in [0.05, 0.1) is 24.2 Å². The SMILES string of the molecule is CN1CCNC[C@H]1Cc1ccccc1.COc1ccc(N)c(-n2ccc(C=O)c2-c2ccccc2)c1. The Balaban J connectivity index is 0.000000187. The summed E-state index contributed by atoms with van der Waals surface area (Å²) in [5, 5.41) is 3.44. The number of nitrogens with zero attached hydrogens (tertiary/aromatic N) is 2. The second-order valence-electron chi connectivity index (χ2n) is 8.93. The summed E-state index contributed by atoms with van der Waals surface area (Å²) in [5.74, 6) is 0.713. The second kappa shape index (κ2) is 12.2. The summed E-state index contributed by atoms with van der Waals surface area (Å²) in [6, 6.07) is 28.4. The lowest BCUT2D eigenvalue weighted by Gasteiger charge is -2.33. The van der Waals surface area contributed by atoms with Crippen molar-refractivity contribution >= 4 is 12.0 Å². The molecule has 5 rings (SSSR count). The Morgan fingerprint density at radius 1 is 1.03 bits per heavy atom. The number of hydrogen-bond donors (Lipinski definition) is 2. The highest BCUT2D eigenvalue weighted by Gasteiger charge is 2.18. The standard InChI is InChI=1S/C18H16N2O2.C12H18N2/c1-22-15-7-8-16(19)17(11-15)20-10-9-14(12-21)18(20)13-5-3-2-4-6-13;1-14-8-7-13-10-12(14)9-11-5-3-2-4-6-11/h2-12H,19H2,1H3;2-6,12-13H,7-10H2,1H3/t;12-/m.1/s1. The lowest BCUT2D eigenvalue weighted by Crippen LogP contribution is -2.50. The highest BCUT2D eigenvalue weighted by atomic mass is 16.5. The summed E-state index contributed by atoms with van der Waals surface area (Å²) in [6.07, 6.45) is 3.86. The quantitative estimate of drug-likeness (QED) is 0.308. The van der Waals surface area contributed by atoms with Crippen LogP contribution in [0.25, 0.3) is 16.9 Å². The minimum absolute atomic E-state index is 0.617. The largest absolute Gasteiger partial charge is 0.497 e. The highest BCUT2D eigenvalue weighted by Crippen LogP contribution is 2.31. The Morgan fingerprint density at radius 2 is 1.75 bits per heavy atom. The number of methoxy groups -OCH3 is 1. The molecule has 0 radical (unpaired) electrons. The van der Waals surface area contributed by atoms with Gasteiger partial charge in [0, 0.05) is 43.5 Å². The molecule has 0 bridgehead atoms. The maximum atomic E-state index is 11.4. The van der Waals surface area contributed by atoms with Crippen LogP contribution in [0.2, 0.25) is 0 Å². The number of nitrogens with one attached hydrogen (secondary N) is 1. The van der Waals surface area contributed by atoms with Crippen molar-refractivity contribution < 1.29 is 9.53 Å². The lowest BCUT2D eigenvalue weighted by atomic mass is 10.0. The van der Waals surface area contributed by atoms with Gasteiger partial charge in [0.15, 0.2) is 6.29 Å². The zero-order valence-electron chi connectivity index (χ0n) is 20.9. The number of carbonyl (C=O) groups is 1. The van der Waals surface area contributed by atoms with Gasteiger partial charge in [0.1, 0.15) is 5.75 Å². The van der Waals surface area contributed by atoms with Crippen molar-refractivity contribution in [3.8, 4) is 22.7 Å². The first-order valence-corrected chi connectivity index (χ1v) is 12.2. The van der Waals surface area contributed by atoms with Crippen molar-refractivity contribution in [2.45, 2.75) is 12.5 Å². The third-order valence-corrected chi connectivity index (χ3v) is 6.55. The number of piperazine rings is 1. The van der Waals surface area contributed by atoms with Crippen LogP contribution in [0.5, 0.6) is 5.75 Å². The molecule has 0 amide bonds. The Bertz CT molecular complexity index is 1250. The molecule has 0 spiro atoms. The molecular formula is C30H34N4O2. The fourth-order valence-electron chi connectivity index (χ4n) is 4.48. The molecule has 1 aliphatic heterocycles. The predicted octanol–water partition coefficient (Wildman–Crippen LogP) is 4.68. The van der Waals surface area contributed by atoms with E-state index in [1.165, 1.54) is 5.56 Å². The number of nitrogen functional groups attached to an aromatic ring is 1. The van der Waals surface area contributed by atoms with Crippen LogP contribution in [-0.2, 0) is 6.42 Å². The lowest BCUT2D eigenvalue weighted by molar-refractivity contribution is 0.112. The van der Waals surface area contributed by atoms with Crippen LogP contribution in [0.3, 0.4) is 0 Å². The summed E-state index contributed by atoms with van der Waals surface area (Å²) in [5.41, 5.74) is 11.3. The first kappa shape index (κ1) is 25.2. The molecule has 0 aliphatic carbocycles. The van der Waals surface area contributed by atoms with E-state index in [2.05, 4.69) is 47.6 Å². The average molecular weight is 483 g/mol. The van der Waals surface area contributed by atoms with Crippen LogP contribution >= 0.6 is 0 Å². The minimum Gasteiger partial charge on any atom is -0.497 e. The smallest absolute Gasteiger partial charge is 0.152 e. The van der Waals surface area contributed by atoms with Crippen LogP contribution in [0.1, 0.15) is 15.9 Å². The van der Waals surface area contributed by atoms with Crippen molar-refractivity contribution in [1.29, 1.82) is 0 Å².